The van der Waals surface area contributed by atoms with Gasteiger partial charge in [0.25, 0.3) is 5.79 Å². The van der Waals surface area contributed by atoms with E-state index in [1.54, 1.807) is 0 Å². The molecule has 16 heavy (non-hydrogen) atoms. The van der Waals surface area contributed by atoms with Crippen LogP contribution in [0.4, 0.5) is 0 Å². The summed E-state index contributed by atoms with van der Waals surface area (Å²) < 4.78 is 5.20. The van der Waals surface area contributed by atoms with Crippen LogP contribution in [0, 0.1) is 0 Å². The van der Waals surface area contributed by atoms with E-state index in [9.17, 15) is 0 Å². The van der Waals surface area contributed by atoms with Gasteiger partial charge in [-0.1, -0.05) is 0 Å². The van der Waals surface area contributed by atoms with E-state index in [0.29, 0.717) is 6.42 Å². The summed E-state index contributed by atoms with van der Waals surface area (Å²) in [6.45, 7) is 6.78. The maximum Gasteiger partial charge on any atom is 0.268 e. The molecule has 0 N–H and O–H groups in total. The van der Waals surface area contributed by atoms with Crippen LogP contribution in [0.2, 0.25) is 0 Å². The fourth-order valence-electron chi connectivity index (χ4n) is 2.08. The van der Waals surface area contributed by atoms with Crippen LogP contribution in [-0.4, -0.2) is 29.7 Å². The van der Waals surface area contributed by atoms with E-state index in [0.717, 1.165) is 19.4 Å². The molecule has 0 bridgehead atoms. The zero-order valence-electron chi connectivity index (χ0n) is 9.95. The zero-order chi connectivity index (χ0) is 11.4. The lowest BCUT2D eigenvalue weighted by atomic mass is 9.84. The summed E-state index contributed by atoms with van der Waals surface area (Å²) >= 11 is 0. The second-order valence-corrected chi connectivity index (χ2v) is 5.74. The Morgan fingerprint density at radius 3 is 2.12 bits per heavy atom. The van der Waals surface area contributed by atoms with Crippen molar-refractivity contribution in [3.8, 4) is 0 Å². The number of ether oxygens (including phenoxy) is 1. The van der Waals surface area contributed by atoms with Crippen molar-refractivity contribution in [1.29, 1.82) is 0 Å². The van der Waals surface area contributed by atoms with Crippen molar-refractivity contribution in [1.82, 2.24) is 0 Å². The van der Waals surface area contributed by atoms with E-state index in [1.165, 1.54) is 0 Å². The van der Waals surface area contributed by atoms with Gasteiger partial charge in [0.1, 0.15) is 0 Å². The number of hydrogen-bond acceptors (Lipinski definition) is 5. The SMILES string of the molecule is CC1(C)CCC(C)(C2(CC3CO3)OO2)OO1. The largest absolute Gasteiger partial charge is 0.373 e. The van der Waals surface area contributed by atoms with Crippen LogP contribution in [0.25, 0.3) is 0 Å². The second-order valence-electron chi connectivity index (χ2n) is 5.74. The molecule has 3 saturated heterocycles. The molecule has 5 heteroatoms. The van der Waals surface area contributed by atoms with E-state index in [1.807, 2.05) is 20.8 Å². The average molecular weight is 230 g/mol. The molecule has 3 aliphatic heterocycles. The van der Waals surface area contributed by atoms with Crippen molar-refractivity contribution in [2.24, 2.45) is 0 Å². The molecule has 2 unspecified atom stereocenters. The first kappa shape index (κ1) is 10.9. The van der Waals surface area contributed by atoms with Crippen LogP contribution in [-0.2, 0) is 24.3 Å². The fraction of sp³-hybridized carbons (Fsp3) is 1.00. The highest BCUT2D eigenvalue weighted by atomic mass is 17.4. The molecule has 3 aliphatic rings. The van der Waals surface area contributed by atoms with E-state index >= 15 is 0 Å². The van der Waals surface area contributed by atoms with Gasteiger partial charge in [-0.3, -0.25) is 0 Å². The van der Waals surface area contributed by atoms with Crippen LogP contribution in [0.15, 0.2) is 0 Å². The van der Waals surface area contributed by atoms with Gasteiger partial charge in [-0.15, -0.1) is 0 Å². The van der Waals surface area contributed by atoms with Crippen molar-refractivity contribution in [3.05, 3.63) is 0 Å². The Balaban J connectivity index is 1.68. The Kier molecular flexibility index (Phi) is 2.17. The maximum atomic E-state index is 5.53. The van der Waals surface area contributed by atoms with Crippen LogP contribution in [0.5, 0.6) is 0 Å². The van der Waals surface area contributed by atoms with E-state index < -0.39 is 11.4 Å². The van der Waals surface area contributed by atoms with Crippen molar-refractivity contribution in [2.75, 3.05) is 6.61 Å². The molecule has 0 aromatic carbocycles. The van der Waals surface area contributed by atoms with Gasteiger partial charge in [0.15, 0.2) is 5.60 Å². The lowest BCUT2D eigenvalue weighted by Crippen LogP contribution is -2.52. The van der Waals surface area contributed by atoms with E-state index in [-0.39, 0.29) is 11.7 Å². The molecule has 92 valence electrons. The summed E-state index contributed by atoms with van der Waals surface area (Å²) in [5, 5.41) is 0. The first-order chi connectivity index (χ1) is 7.45. The normalized spacial score (nSPS) is 44.1. The van der Waals surface area contributed by atoms with Crippen molar-refractivity contribution < 1.29 is 24.3 Å². The number of epoxide rings is 1. The minimum Gasteiger partial charge on any atom is -0.373 e. The third kappa shape index (κ3) is 1.76. The Morgan fingerprint density at radius 1 is 1.00 bits per heavy atom. The number of rotatable bonds is 3. The predicted octanol–water partition coefficient (Wildman–Crippen LogP) is 1.71. The lowest BCUT2D eigenvalue weighted by molar-refractivity contribution is -0.442. The van der Waals surface area contributed by atoms with Crippen molar-refractivity contribution in [2.45, 2.75) is 63.1 Å². The summed E-state index contributed by atoms with van der Waals surface area (Å²) in [6, 6.07) is 0. The van der Waals surface area contributed by atoms with Gasteiger partial charge in [-0.2, -0.15) is 9.78 Å². The van der Waals surface area contributed by atoms with Crippen LogP contribution in [0.1, 0.15) is 40.0 Å². The van der Waals surface area contributed by atoms with Gasteiger partial charge in [0.05, 0.1) is 18.3 Å². The molecule has 3 fully saturated rings. The van der Waals surface area contributed by atoms with Crippen molar-refractivity contribution >= 4 is 0 Å². The number of hydrogen-bond donors (Lipinski definition) is 0. The van der Waals surface area contributed by atoms with Crippen LogP contribution >= 0.6 is 0 Å². The summed E-state index contributed by atoms with van der Waals surface area (Å²) in [5.74, 6) is -0.662. The fourth-order valence-corrected chi connectivity index (χ4v) is 2.08. The second kappa shape index (κ2) is 3.17. The third-order valence-electron chi connectivity index (χ3n) is 3.64. The average Bonchev–Trinajstić information content (AvgIpc) is 3.09. The molecule has 0 radical (unpaired) electrons. The Labute approximate surface area is 94.8 Å². The molecule has 2 atom stereocenters. The van der Waals surface area contributed by atoms with Gasteiger partial charge in [-0.05, 0) is 33.6 Å². The molecule has 0 amide bonds. The smallest absolute Gasteiger partial charge is 0.268 e. The van der Waals surface area contributed by atoms with Gasteiger partial charge in [0.2, 0.25) is 0 Å². The molecule has 0 aromatic rings. The topological polar surface area (TPSA) is 56.0 Å². The first-order valence-corrected chi connectivity index (χ1v) is 5.80. The van der Waals surface area contributed by atoms with Crippen molar-refractivity contribution in [3.63, 3.8) is 0 Å². The van der Waals surface area contributed by atoms with Gasteiger partial charge >= 0.3 is 0 Å². The molecule has 0 saturated carbocycles. The standard InChI is InChI=1S/C11H18O5/c1-9(2)4-5-10(3,14-13-9)11(15-16-11)6-8-7-12-8/h8H,4-7H2,1-3H3. The summed E-state index contributed by atoms with van der Waals surface area (Å²) in [4.78, 5) is 21.3. The highest BCUT2D eigenvalue weighted by Gasteiger charge is 2.68. The highest BCUT2D eigenvalue weighted by Crippen LogP contribution is 2.52. The first-order valence-electron chi connectivity index (χ1n) is 5.80. The Hall–Kier alpha value is -0.200. The van der Waals surface area contributed by atoms with Crippen LogP contribution < -0.4 is 0 Å². The quantitative estimate of drug-likeness (QED) is 0.545. The van der Waals surface area contributed by atoms with Gasteiger partial charge in [-0.25, -0.2) is 9.78 Å². The minimum atomic E-state index is -0.662. The van der Waals surface area contributed by atoms with Crippen LogP contribution in [0.3, 0.4) is 0 Å². The maximum absolute atomic E-state index is 5.53. The van der Waals surface area contributed by atoms with E-state index in [2.05, 4.69) is 0 Å². The molecule has 3 rings (SSSR count). The molecule has 3 heterocycles. The molecular formula is C11H18O5. The molecule has 0 spiro atoms. The van der Waals surface area contributed by atoms with Gasteiger partial charge < -0.3 is 4.74 Å². The minimum absolute atomic E-state index is 0.230. The molecule has 0 aromatic heterocycles. The third-order valence-corrected chi connectivity index (χ3v) is 3.64. The Bertz CT molecular complexity index is 283. The molecular weight excluding hydrogens is 212 g/mol. The highest BCUT2D eigenvalue weighted by molar-refractivity contribution is 5.01. The summed E-state index contributed by atoms with van der Waals surface area (Å²) in [7, 11) is 0. The summed E-state index contributed by atoms with van der Waals surface area (Å²) in [5.41, 5.74) is -0.764. The van der Waals surface area contributed by atoms with Gasteiger partial charge in [0, 0.05) is 6.42 Å². The summed E-state index contributed by atoms with van der Waals surface area (Å²) in [6.07, 6.45) is 2.74. The molecule has 5 nitrogen and oxygen atoms in total. The predicted molar refractivity (Wildman–Crippen MR) is 53.1 cm³/mol. The monoisotopic (exact) mass is 230 g/mol. The van der Waals surface area contributed by atoms with E-state index in [4.69, 9.17) is 24.3 Å². The Morgan fingerprint density at radius 2 is 1.69 bits per heavy atom. The lowest BCUT2D eigenvalue weighted by Gasteiger charge is -2.40. The molecule has 0 aliphatic carbocycles. The zero-order valence-corrected chi connectivity index (χ0v) is 9.95.